The molecule has 5 nitrogen and oxygen atoms in total. The topological polar surface area (TPSA) is 58.8 Å². The van der Waals surface area contributed by atoms with Crippen molar-refractivity contribution in [2.24, 2.45) is 5.92 Å². The van der Waals surface area contributed by atoms with E-state index in [0.717, 1.165) is 52.0 Å². The van der Waals surface area contributed by atoms with E-state index in [1.54, 1.807) is 37.4 Å². The van der Waals surface area contributed by atoms with Crippen LogP contribution >= 0.6 is 0 Å². The SMILES string of the molecule is COc1cccc(C(=O)N2CCC(CN3CCC(c4ccc(F)cc4)CC3)C2)c1N. The van der Waals surface area contributed by atoms with Crippen LogP contribution in [0, 0.1) is 11.7 Å². The fourth-order valence-corrected chi connectivity index (χ4v) is 4.79. The van der Waals surface area contributed by atoms with E-state index >= 15 is 0 Å². The second-order valence-corrected chi connectivity index (χ2v) is 8.45. The molecule has 2 N–H and O–H groups in total. The summed E-state index contributed by atoms with van der Waals surface area (Å²) < 4.78 is 18.4. The summed E-state index contributed by atoms with van der Waals surface area (Å²) >= 11 is 0. The Morgan fingerprint density at radius 3 is 2.53 bits per heavy atom. The van der Waals surface area contributed by atoms with Crippen LogP contribution in [0.2, 0.25) is 0 Å². The third-order valence-corrected chi connectivity index (χ3v) is 6.53. The molecule has 0 aromatic heterocycles. The zero-order valence-electron chi connectivity index (χ0n) is 17.5. The van der Waals surface area contributed by atoms with E-state index in [1.165, 1.54) is 5.56 Å². The molecule has 1 atom stereocenters. The molecule has 4 rings (SSSR count). The summed E-state index contributed by atoms with van der Waals surface area (Å²) in [4.78, 5) is 17.4. The molecule has 2 heterocycles. The fourth-order valence-electron chi connectivity index (χ4n) is 4.79. The van der Waals surface area contributed by atoms with Crippen molar-refractivity contribution in [2.75, 3.05) is 45.6 Å². The molecule has 0 saturated carbocycles. The van der Waals surface area contributed by atoms with E-state index in [2.05, 4.69) is 4.90 Å². The van der Waals surface area contributed by atoms with Crippen LogP contribution in [0.15, 0.2) is 42.5 Å². The lowest BCUT2D eigenvalue weighted by Gasteiger charge is -2.33. The number of nitrogen functional groups attached to an aromatic ring is 1. The molecule has 1 unspecified atom stereocenters. The van der Waals surface area contributed by atoms with Gasteiger partial charge in [0.15, 0.2) is 0 Å². The predicted molar refractivity (Wildman–Crippen MR) is 116 cm³/mol. The smallest absolute Gasteiger partial charge is 0.256 e. The quantitative estimate of drug-likeness (QED) is 0.761. The first-order valence-electron chi connectivity index (χ1n) is 10.7. The zero-order valence-corrected chi connectivity index (χ0v) is 17.5. The lowest BCUT2D eigenvalue weighted by molar-refractivity contribution is 0.0782. The number of carbonyl (C=O) groups is 1. The number of para-hydroxylation sites is 1. The maximum atomic E-state index is 13.2. The molecule has 6 heteroatoms. The number of ether oxygens (including phenoxy) is 1. The van der Waals surface area contributed by atoms with Crippen molar-refractivity contribution in [1.82, 2.24) is 9.80 Å². The summed E-state index contributed by atoms with van der Waals surface area (Å²) in [7, 11) is 1.56. The Morgan fingerprint density at radius 2 is 1.83 bits per heavy atom. The van der Waals surface area contributed by atoms with Crippen molar-refractivity contribution < 1.29 is 13.9 Å². The maximum absolute atomic E-state index is 13.2. The van der Waals surface area contributed by atoms with E-state index < -0.39 is 0 Å². The van der Waals surface area contributed by atoms with Crippen molar-refractivity contribution in [3.63, 3.8) is 0 Å². The molecule has 0 bridgehead atoms. The van der Waals surface area contributed by atoms with E-state index in [1.807, 2.05) is 17.0 Å². The summed E-state index contributed by atoms with van der Waals surface area (Å²) in [5, 5.41) is 0. The average Bonchev–Trinajstić information content (AvgIpc) is 3.23. The van der Waals surface area contributed by atoms with Gasteiger partial charge in [-0.05, 0) is 74.0 Å². The number of anilines is 1. The maximum Gasteiger partial charge on any atom is 0.256 e. The van der Waals surface area contributed by atoms with Crippen LogP contribution in [0.25, 0.3) is 0 Å². The van der Waals surface area contributed by atoms with E-state index in [-0.39, 0.29) is 11.7 Å². The number of carbonyl (C=O) groups excluding carboxylic acids is 1. The van der Waals surface area contributed by atoms with Crippen LogP contribution in [0.1, 0.15) is 41.1 Å². The van der Waals surface area contributed by atoms with E-state index in [4.69, 9.17) is 10.5 Å². The summed E-state index contributed by atoms with van der Waals surface area (Å²) in [6, 6.07) is 12.3. The number of amides is 1. The minimum atomic E-state index is -0.174. The van der Waals surface area contributed by atoms with Crippen molar-refractivity contribution >= 4 is 11.6 Å². The summed E-state index contributed by atoms with van der Waals surface area (Å²) in [6.45, 7) is 4.66. The Hall–Kier alpha value is -2.60. The zero-order chi connectivity index (χ0) is 21.1. The van der Waals surface area contributed by atoms with Gasteiger partial charge >= 0.3 is 0 Å². The third kappa shape index (κ3) is 4.43. The summed E-state index contributed by atoms with van der Waals surface area (Å²) in [5.74, 6) is 1.36. The number of benzene rings is 2. The number of hydrogen-bond acceptors (Lipinski definition) is 4. The van der Waals surface area contributed by atoms with Crippen LogP contribution < -0.4 is 10.5 Å². The Bertz CT molecular complexity index is 879. The van der Waals surface area contributed by atoms with Gasteiger partial charge in [-0.15, -0.1) is 0 Å². The molecule has 0 spiro atoms. The van der Waals surface area contributed by atoms with Gasteiger partial charge < -0.3 is 20.3 Å². The molecule has 2 aromatic carbocycles. The molecule has 30 heavy (non-hydrogen) atoms. The first-order chi connectivity index (χ1) is 14.5. The van der Waals surface area contributed by atoms with Crippen molar-refractivity contribution in [1.29, 1.82) is 0 Å². The van der Waals surface area contributed by atoms with Gasteiger partial charge in [-0.2, -0.15) is 0 Å². The van der Waals surface area contributed by atoms with Crippen LogP contribution in [0.4, 0.5) is 10.1 Å². The van der Waals surface area contributed by atoms with Gasteiger partial charge in [0, 0.05) is 19.6 Å². The molecule has 2 aromatic rings. The average molecular weight is 412 g/mol. The van der Waals surface area contributed by atoms with Gasteiger partial charge in [0.05, 0.1) is 18.4 Å². The standard InChI is InChI=1S/C24H30FN3O2/c1-30-22-4-2-3-21(23(22)26)24(29)28-14-9-17(16-28)15-27-12-10-19(11-13-27)18-5-7-20(25)8-6-18/h2-8,17,19H,9-16,26H2,1H3. The Kier molecular flexibility index (Phi) is 6.23. The van der Waals surface area contributed by atoms with Gasteiger partial charge in [-0.3, -0.25) is 4.79 Å². The second-order valence-electron chi connectivity index (χ2n) is 8.45. The highest BCUT2D eigenvalue weighted by Gasteiger charge is 2.30. The van der Waals surface area contributed by atoms with Crippen LogP contribution in [0.5, 0.6) is 5.75 Å². The Labute approximate surface area is 177 Å². The number of likely N-dealkylation sites (tertiary alicyclic amines) is 2. The van der Waals surface area contributed by atoms with E-state index in [9.17, 15) is 9.18 Å². The Balaban J connectivity index is 1.28. The first-order valence-corrected chi connectivity index (χ1v) is 10.7. The molecular weight excluding hydrogens is 381 g/mol. The lowest BCUT2D eigenvalue weighted by atomic mass is 9.89. The summed E-state index contributed by atoms with van der Waals surface area (Å²) in [6.07, 6.45) is 3.22. The van der Waals surface area contributed by atoms with Crippen LogP contribution in [-0.4, -0.2) is 55.5 Å². The molecule has 1 amide bonds. The predicted octanol–water partition coefficient (Wildman–Crippen LogP) is 3.76. The third-order valence-electron chi connectivity index (χ3n) is 6.53. The van der Waals surface area contributed by atoms with Gasteiger partial charge in [-0.1, -0.05) is 18.2 Å². The number of rotatable bonds is 5. The highest BCUT2D eigenvalue weighted by molar-refractivity contribution is 6.00. The lowest BCUT2D eigenvalue weighted by Crippen LogP contribution is -2.38. The van der Waals surface area contributed by atoms with Gasteiger partial charge in [0.25, 0.3) is 5.91 Å². The number of nitrogens with zero attached hydrogens (tertiary/aromatic N) is 2. The molecule has 2 saturated heterocycles. The number of piperidine rings is 1. The molecule has 2 fully saturated rings. The summed E-state index contributed by atoms with van der Waals surface area (Å²) in [5.41, 5.74) is 8.29. The molecule has 2 aliphatic heterocycles. The number of hydrogen-bond donors (Lipinski definition) is 1. The normalized spacial score (nSPS) is 20.5. The molecule has 160 valence electrons. The number of methoxy groups -OCH3 is 1. The van der Waals surface area contributed by atoms with Crippen molar-refractivity contribution in [3.05, 3.63) is 59.4 Å². The molecular formula is C24H30FN3O2. The monoisotopic (exact) mass is 411 g/mol. The van der Waals surface area contributed by atoms with Gasteiger partial charge in [-0.25, -0.2) is 4.39 Å². The fraction of sp³-hybridized carbons (Fsp3) is 0.458. The molecule has 0 aliphatic carbocycles. The number of halogens is 1. The minimum Gasteiger partial charge on any atom is -0.495 e. The highest BCUT2D eigenvalue weighted by Crippen LogP contribution is 2.31. The minimum absolute atomic E-state index is 0.0103. The second kappa shape index (κ2) is 9.04. The van der Waals surface area contributed by atoms with Crippen molar-refractivity contribution in [3.8, 4) is 5.75 Å². The van der Waals surface area contributed by atoms with E-state index in [0.29, 0.717) is 28.8 Å². The van der Waals surface area contributed by atoms with Crippen LogP contribution in [0.3, 0.4) is 0 Å². The molecule has 2 aliphatic rings. The van der Waals surface area contributed by atoms with Crippen LogP contribution in [-0.2, 0) is 0 Å². The van der Waals surface area contributed by atoms with Crippen molar-refractivity contribution in [2.45, 2.75) is 25.2 Å². The Morgan fingerprint density at radius 1 is 1.10 bits per heavy atom. The largest absolute Gasteiger partial charge is 0.495 e. The molecule has 0 radical (unpaired) electrons. The highest BCUT2D eigenvalue weighted by atomic mass is 19.1. The first kappa shape index (κ1) is 20.7. The van der Waals surface area contributed by atoms with Gasteiger partial charge in [0.1, 0.15) is 11.6 Å². The van der Waals surface area contributed by atoms with Gasteiger partial charge in [0.2, 0.25) is 0 Å². The number of nitrogens with two attached hydrogens (primary N) is 1.